The van der Waals surface area contributed by atoms with Crippen LogP contribution in [-0.2, 0) is 20.0 Å². The van der Waals surface area contributed by atoms with Gasteiger partial charge in [0.25, 0.3) is 0 Å². The summed E-state index contributed by atoms with van der Waals surface area (Å²) < 4.78 is 1.95. The Balaban J connectivity index is 0.00000312. The van der Waals surface area contributed by atoms with Crippen LogP contribution in [0.3, 0.4) is 0 Å². The molecule has 25 heavy (non-hydrogen) atoms. The molecular weight excluding hydrogens is 449 g/mol. The summed E-state index contributed by atoms with van der Waals surface area (Å²) in [5.41, 5.74) is 0. The van der Waals surface area contributed by atoms with Gasteiger partial charge >= 0.3 is 0 Å². The third-order valence-electron chi connectivity index (χ3n) is 3.65. The van der Waals surface area contributed by atoms with E-state index in [2.05, 4.69) is 43.9 Å². The number of rotatable bonds is 7. The van der Waals surface area contributed by atoms with E-state index in [1.807, 2.05) is 37.9 Å². The van der Waals surface area contributed by atoms with Crippen molar-refractivity contribution in [1.82, 2.24) is 30.0 Å². The second kappa shape index (κ2) is 10.5. The molecular formula is C16H26IN7S. The molecule has 0 radical (unpaired) electrons. The highest BCUT2D eigenvalue weighted by molar-refractivity contribution is 14.0. The topological polar surface area (TPSA) is 71.2 Å². The zero-order valence-corrected chi connectivity index (χ0v) is 18.3. The van der Waals surface area contributed by atoms with Crippen molar-refractivity contribution in [2.24, 2.45) is 12.0 Å². The lowest BCUT2D eigenvalue weighted by Crippen LogP contribution is -2.40. The van der Waals surface area contributed by atoms with Crippen LogP contribution < -0.4 is 5.32 Å². The van der Waals surface area contributed by atoms with Crippen LogP contribution in [0.5, 0.6) is 0 Å². The van der Waals surface area contributed by atoms with Crippen molar-refractivity contribution >= 4 is 41.3 Å². The highest BCUT2D eigenvalue weighted by atomic mass is 127. The van der Waals surface area contributed by atoms with Crippen molar-refractivity contribution < 1.29 is 0 Å². The fourth-order valence-corrected chi connectivity index (χ4v) is 2.87. The molecule has 9 heteroatoms. The zero-order chi connectivity index (χ0) is 17.5. The lowest BCUT2D eigenvalue weighted by atomic mass is 10.4. The van der Waals surface area contributed by atoms with Crippen LogP contribution in [0.1, 0.15) is 21.5 Å². The van der Waals surface area contributed by atoms with Gasteiger partial charge in [-0.25, -0.2) is 9.98 Å². The van der Waals surface area contributed by atoms with Gasteiger partial charge in [-0.15, -0.1) is 52.1 Å². The summed E-state index contributed by atoms with van der Waals surface area (Å²) in [5, 5.41) is 12.7. The van der Waals surface area contributed by atoms with Crippen molar-refractivity contribution in [2.45, 2.75) is 26.8 Å². The predicted molar refractivity (Wildman–Crippen MR) is 114 cm³/mol. The first-order chi connectivity index (χ1) is 11.5. The number of hydrogen-bond donors (Lipinski definition) is 1. The molecule has 2 rings (SSSR count). The molecule has 7 nitrogen and oxygen atoms in total. The van der Waals surface area contributed by atoms with Crippen LogP contribution in [-0.4, -0.2) is 50.7 Å². The molecule has 0 amide bonds. The number of aliphatic imine (C=N–C) groups is 1. The first-order valence-electron chi connectivity index (χ1n) is 7.87. The van der Waals surface area contributed by atoms with E-state index in [0.717, 1.165) is 35.6 Å². The largest absolute Gasteiger partial charge is 0.353 e. The Bertz CT molecular complexity index is 707. The molecule has 1 N–H and O–H groups in total. The molecule has 0 bridgehead atoms. The summed E-state index contributed by atoms with van der Waals surface area (Å²) in [7, 11) is 3.98. The minimum Gasteiger partial charge on any atom is -0.353 e. The molecule has 0 unspecified atom stereocenters. The molecule has 0 saturated carbocycles. The van der Waals surface area contributed by atoms with Crippen LogP contribution in [0.15, 0.2) is 23.8 Å². The van der Waals surface area contributed by atoms with Gasteiger partial charge in [-0.05, 0) is 13.8 Å². The Hall–Kier alpha value is -1.49. The number of thiazole rings is 1. The Morgan fingerprint density at radius 3 is 2.76 bits per heavy atom. The summed E-state index contributed by atoms with van der Waals surface area (Å²) >= 11 is 1.74. The van der Waals surface area contributed by atoms with Crippen molar-refractivity contribution in [3.05, 3.63) is 40.4 Å². The van der Waals surface area contributed by atoms with E-state index in [1.54, 1.807) is 11.3 Å². The lowest BCUT2D eigenvalue weighted by Gasteiger charge is -2.21. The van der Waals surface area contributed by atoms with Gasteiger partial charge in [0.2, 0.25) is 0 Å². The molecule has 0 spiro atoms. The molecule has 0 aliphatic heterocycles. The summed E-state index contributed by atoms with van der Waals surface area (Å²) in [6.45, 7) is 9.75. The summed E-state index contributed by atoms with van der Waals surface area (Å²) in [6.07, 6.45) is 4.63. The number of hydrogen-bond acceptors (Lipinski definition) is 5. The number of aromatic nitrogens is 4. The molecule has 0 aromatic carbocycles. The number of guanidine groups is 1. The predicted octanol–water partition coefficient (Wildman–Crippen LogP) is 2.31. The van der Waals surface area contributed by atoms with Crippen LogP contribution in [0.2, 0.25) is 0 Å². The highest BCUT2D eigenvalue weighted by Gasteiger charge is 2.09. The summed E-state index contributed by atoms with van der Waals surface area (Å²) in [5.74, 6) is 2.55. The number of nitrogens with one attached hydrogen (secondary N) is 1. The third kappa shape index (κ3) is 6.38. The average Bonchev–Trinajstić information content (AvgIpc) is 3.12. The number of halogens is 1. The van der Waals surface area contributed by atoms with E-state index in [-0.39, 0.29) is 24.0 Å². The third-order valence-corrected chi connectivity index (χ3v) is 4.62. The first kappa shape index (κ1) is 21.6. The Morgan fingerprint density at radius 2 is 2.20 bits per heavy atom. The van der Waals surface area contributed by atoms with Crippen molar-refractivity contribution in [1.29, 1.82) is 0 Å². The van der Waals surface area contributed by atoms with E-state index in [1.165, 1.54) is 4.88 Å². The molecule has 2 aromatic heterocycles. The first-order valence-corrected chi connectivity index (χ1v) is 8.69. The van der Waals surface area contributed by atoms with Crippen LogP contribution >= 0.6 is 35.3 Å². The van der Waals surface area contributed by atoms with Crippen LogP contribution in [0.25, 0.3) is 0 Å². The summed E-state index contributed by atoms with van der Waals surface area (Å²) in [4.78, 5) is 12.4. The Kier molecular flexibility index (Phi) is 9.04. The fourth-order valence-electron chi connectivity index (χ4n) is 2.10. The Morgan fingerprint density at radius 1 is 1.44 bits per heavy atom. The number of aryl methyl sites for hydroxylation is 2. The van der Waals surface area contributed by atoms with Crippen LogP contribution in [0.4, 0.5) is 0 Å². The second-order valence-corrected chi connectivity index (χ2v) is 6.89. The van der Waals surface area contributed by atoms with E-state index >= 15 is 0 Å². The SMILES string of the molecule is C=CCNC(=NCc1nnc(C)n1C)N(C)CCc1ncc(C)s1.I. The summed E-state index contributed by atoms with van der Waals surface area (Å²) in [6, 6.07) is 0. The van der Waals surface area contributed by atoms with E-state index in [0.29, 0.717) is 13.1 Å². The monoisotopic (exact) mass is 475 g/mol. The van der Waals surface area contributed by atoms with Gasteiger partial charge in [-0.1, -0.05) is 6.08 Å². The lowest BCUT2D eigenvalue weighted by molar-refractivity contribution is 0.485. The quantitative estimate of drug-likeness (QED) is 0.288. The van der Waals surface area contributed by atoms with Crippen molar-refractivity contribution in [3.8, 4) is 0 Å². The molecule has 0 saturated heterocycles. The standard InChI is InChI=1S/C16H25N7S.HI/c1-6-8-17-16(19-11-14-21-20-13(3)23(14)5)22(4)9-7-15-18-10-12(2)24-15;/h6,10H,1,7-9,11H2,2-5H3,(H,17,19);1H. The van der Waals surface area contributed by atoms with Gasteiger partial charge in [-0.3, -0.25) is 0 Å². The fraction of sp³-hybridized carbons (Fsp3) is 0.500. The highest BCUT2D eigenvalue weighted by Crippen LogP contribution is 2.12. The zero-order valence-electron chi connectivity index (χ0n) is 15.2. The number of likely N-dealkylation sites (N-methyl/N-ethyl adjacent to an activating group) is 1. The van der Waals surface area contributed by atoms with Gasteiger partial charge in [0.1, 0.15) is 12.4 Å². The molecule has 0 aliphatic carbocycles. The number of nitrogens with zero attached hydrogens (tertiary/aromatic N) is 6. The minimum absolute atomic E-state index is 0. The molecule has 0 fully saturated rings. The van der Waals surface area contributed by atoms with Crippen LogP contribution in [0, 0.1) is 13.8 Å². The van der Waals surface area contributed by atoms with E-state index in [4.69, 9.17) is 0 Å². The van der Waals surface area contributed by atoms with Gasteiger partial charge < -0.3 is 14.8 Å². The van der Waals surface area contributed by atoms with E-state index in [9.17, 15) is 0 Å². The van der Waals surface area contributed by atoms with Gasteiger partial charge in [0.05, 0.1) is 5.01 Å². The van der Waals surface area contributed by atoms with Gasteiger partial charge in [0.15, 0.2) is 11.8 Å². The van der Waals surface area contributed by atoms with Crippen molar-refractivity contribution in [2.75, 3.05) is 20.1 Å². The maximum Gasteiger partial charge on any atom is 0.194 e. The average molecular weight is 475 g/mol. The smallest absolute Gasteiger partial charge is 0.194 e. The maximum absolute atomic E-state index is 4.67. The molecule has 138 valence electrons. The molecule has 2 heterocycles. The molecule has 0 atom stereocenters. The second-order valence-electron chi connectivity index (χ2n) is 5.57. The van der Waals surface area contributed by atoms with Gasteiger partial charge in [0, 0.05) is 44.7 Å². The maximum atomic E-state index is 4.67. The molecule has 2 aromatic rings. The normalized spacial score (nSPS) is 11.1. The minimum atomic E-state index is 0. The van der Waals surface area contributed by atoms with Crippen molar-refractivity contribution in [3.63, 3.8) is 0 Å². The molecule has 0 aliphatic rings. The van der Waals surface area contributed by atoms with Gasteiger partial charge in [-0.2, -0.15) is 0 Å². The Labute approximate surface area is 170 Å². The van der Waals surface area contributed by atoms with E-state index < -0.39 is 0 Å².